The van der Waals surface area contributed by atoms with Crippen molar-refractivity contribution in [3.8, 4) is 5.75 Å². The summed E-state index contributed by atoms with van der Waals surface area (Å²) in [7, 11) is 0. The number of hydrogen-bond acceptors (Lipinski definition) is 5. The molecule has 2 aromatic heterocycles. The van der Waals surface area contributed by atoms with E-state index >= 15 is 0 Å². The number of halogens is 2. The summed E-state index contributed by atoms with van der Waals surface area (Å²) < 4.78 is 6.63. The molecular weight excluding hydrogens is 441 g/mol. The molecule has 2 aromatic carbocycles. The first kappa shape index (κ1) is 20.6. The minimum Gasteiger partial charge on any atom is -0.492 e. The van der Waals surface area contributed by atoms with Crippen molar-refractivity contribution in [2.24, 2.45) is 0 Å². The lowest BCUT2D eigenvalue weighted by Gasteiger charge is -2.20. The number of carbonyl (C=O) groups is 1. The standard InChI is InChI=1S/C22H17Cl2N3O2S/c1-2-29-18-7-5-8-19-20(18)26-22(30-19)27(13-15-6-3-4-11-25-15)21(28)16-10-9-14(23)12-17(16)24/h3-12H,2,13H2,1H3. The molecule has 0 saturated carbocycles. The molecule has 5 nitrogen and oxygen atoms in total. The lowest BCUT2D eigenvalue weighted by atomic mass is 10.2. The molecule has 0 aliphatic carbocycles. The van der Waals surface area contributed by atoms with Gasteiger partial charge in [-0.05, 0) is 49.4 Å². The van der Waals surface area contributed by atoms with Gasteiger partial charge in [-0.25, -0.2) is 4.98 Å². The Morgan fingerprint density at radius 1 is 1.13 bits per heavy atom. The van der Waals surface area contributed by atoms with Gasteiger partial charge in [0, 0.05) is 11.2 Å². The Morgan fingerprint density at radius 3 is 2.73 bits per heavy atom. The van der Waals surface area contributed by atoms with Crippen LogP contribution in [-0.2, 0) is 6.54 Å². The third-order valence-electron chi connectivity index (χ3n) is 4.35. The van der Waals surface area contributed by atoms with E-state index in [1.165, 1.54) is 11.3 Å². The van der Waals surface area contributed by atoms with Crippen LogP contribution in [0.25, 0.3) is 10.2 Å². The van der Waals surface area contributed by atoms with Gasteiger partial charge in [0.25, 0.3) is 5.91 Å². The lowest BCUT2D eigenvalue weighted by Crippen LogP contribution is -2.31. The second-order valence-corrected chi connectivity index (χ2v) is 8.22. The molecule has 4 aromatic rings. The first-order valence-corrected chi connectivity index (χ1v) is 10.8. The Bertz CT molecular complexity index is 1200. The molecule has 0 unspecified atom stereocenters. The summed E-state index contributed by atoms with van der Waals surface area (Å²) in [5.74, 6) is 0.409. The highest BCUT2D eigenvalue weighted by atomic mass is 35.5. The van der Waals surface area contributed by atoms with Gasteiger partial charge in [0.2, 0.25) is 0 Å². The van der Waals surface area contributed by atoms with Crippen LogP contribution in [0.4, 0.5) is 5.13 Å². The van der Waals surface area contributed by atoms with E-state index in [2.05, 4.69) is 4.98 Å². The van der Waals surface area contributed by atoms with Crippen LogP contribution in [0.2, 0.25) is 10.0 Å². The third-order valence-corrected chi connectivity index (χ3v) is 5.95. The summed E-state index contributed by atoms with van der Waals surface area (Å²) in [4.78, 5) is 24.1. The minimum atomic E-state index is -0.278. The van der Waals surface area contributed by atoms with E-state index in [4.69, 9.17) is 32.9 Å². The minimum absolute atomic E-state index is 0.252. The zero-order chi connectivity index (χ0) is 21.1. The van der Waals surface area contributed by atoms with Crippen molar-refractivity contribution in [1.82, 2.24) is 9.97 Å². The fourth-order valence-corrected chi connectivity index (χ4v) is 4.46. The Hall–Kier alpha value is -2.67. The maximum atomic E-state index is 13.5. The number of rotatable bonds is 6. The quantitative estimate of drug-likeness (QED) is 0.343. The molecule has 2 heterocycles. The summed E-state index contributed by atoms with van der Waals surface area (Å²) in [6.45, 7) is 2.71. The van der Waals surface area contributed by atoms with Gasteiger partial charge in [0.1, 0.15) is 11.3 Å². The molecule has 4 rings (SSSR count). The summed E-state index contributed by atoms with van der Waals surface area (Å²) in [6, 6.07) is 16.1. The van der Waals surface area contributed by atoms with E-state index in [1.54, 1.807) is 29.3 Å². The van der Waals surface area contributed by atoms with Crippen LogP contribution in [0.5, 0.6) is 5.75 Å². The molecule has 0 aliphatic rings. The Kier molecular flexibility index (Phi) is 6.18. The second kappa shape index (κ2) is 9.00. The van der Waals surface area contributed by atoms with Gasteiger partial charge in [0.05, 0.1) is 34.1 Å². The van der Waals surface area contributed by atoms with Crippen molar-refractivity contribution in [3.05, 3.63) is 82.1 Å². The summed E-state index contributed by atoms with van der Waals surface area (Å²) in [5, 5.41) is 1.29. The molecule has 152 valence electrons. The van der Waals surface area contributed by atoms with Crippen molar-refractivity contribution in [2.45, 2.75) is 13.5 Å². The van der Waals surface area contributed by atoms with E-state index in [-0.39, 0.29) is 17.5 Å². The molecule has 0 radical (unpaired) electrons. The number of pyridine rings is 1. The lowest BCUT2D eigenvalue weighted by molar-refractivity contribution is 0.0985. The average Bonchev–Trinajstić information content (AvgIpc) is 3.17. The number of benzene rings is 2. The maximum Gasteiger partial charge on any atom is 0.261 e. The molecule has 0 saturated heterocycles. The highest BCUT2D eigenvalue weighted by molar-refractivity contribution is 7.22. The number of thiazole rings is 1. The van der Waals surface area contributed by atoms with E-state index in [0.717, 1.165) is 15.9 Å². The number of amides is 1. The van der Waals surface area contributed by atoms with Crippen LogP contribution in [0.3, 0.4) is 0 Å². The molecule has 0 bridgehead atoms. The molecule has 0 aliphatic heterocycles. The molecule has 0 N–H and O–H groups in total. The zero-order valence-electron chi connectivity index (χ0n) is 16.0. The zero-order valence-corrected chi connectivity index (χ0v) is 18.3. The van der Waals surface area contributed by atoms with Crippen LogP contribution >= 0.6 is 34.5 Å². The van der Waals surface area contributed by atoms with Crippen molar-refractivity contribution in [1.29, 1.82) is 0 Å². The van der Waals surface area contributed by atoms with Gasteiger partial charge >= 0.3 is 0 Å². The van der Waals surface area contributed by atoms with Crippen molar-refractivity contribution >= 4 is 55.8 Å². The number of aromatic nitrogens is 2. The normalized spacial score (nSPS) is 10.9. The summed E-state index contributed by atoms with van der Waals surface area (Å²) in [6.07, 6.45) is 1.69. The number of nitrogens with zero attached hydrogens (tertiary/aromatic N) is 3. The monoisotopic (exact) mass is 457 g/mol. The van der Waals surface area contributed by atoms with Crippen LogP contribution in [0, 0.1) is 0 Å². The summed E-state index contributed by atoms with van der Waals surface area (Å²) >= 11 is 13.7. The van der Waals surface area contributed by atoms with Crippen LogP contribution in [0.1, 0.15) is 23.0 Å². The number of carbonyl (C=O) groups excluding carboxylic acids is 1. The number of para-hydroxylation sites is 1. The van der Waals surface area contributed by atoms with Crippen molar-refractivity contribution in [3.63, 3.8) is 0 Å². The smallest absolute Gasteiger partial charge is 0.261 e. The van der Waals surface area contributed by atoms with E-state index in [9.17, 15) is 4.79 Å². The second-order valence-electron chi connectivity index (χ2n) is 6.37. The number of hydrogen-bond donors (Lipinski definition) is 0. The molecule has 1 amide bonds. The number of fused-ring (bicyclic) bond motifs is 1. The molecule has 30 heavy (non-hydrogen) atoms. The molecular formula is C22H17Cl2N3O2S. The molecule has 8 heteroatoms. The first-order valence-electron chi connectivity index (χ1n) is 9.26. The van der Waals surface area contributed by atoms with Crippen molar-refractivity contribution < 1.29 is 9.53 Å². The fourth-order valence-electron chi connectivity index (χ4n) is 2.99. The highest BCUT2D eigenvalue weighted by Crippen LogP contribution is 2.36. The van der Waals surface area contributed by atoms with Crippen molar-refractivity contribution in [2.75, 3.05) is 11.5 Å². The van der Waals surface area contributed by atoms with E-state index in [0.29, 0.717) is 28.1 Å². The average molecular weight is 458 g/mol. The van der Waals surface area contributed by atoms with Crippen LogP contribution in [-0.4, -0.2) is 22.5 Å². The van der Waals surface area contributed by atoms with Gasteiger partial charge < -0.3 is 4.74 Å². The highest BCUT2D eigenvalue weighted by Gasteiger charge is 2.24. The molecule has 0 fully saturated rings. The van der Waals surface area contributed by atoms with Crippen LogP contribution < -0.4 is 9.64 Å². The third kappa shape index (κ3) is 4.26. The molecule has 0 atom stereocenters. The Labute approximate surface area is 187 Å². The summed E-state index contributed by atoms with van der Waals surface area (Å²) in [5.41, 5.74) is 1.81. The van der Waals surface area contributed by atoms with Gasteiger partial charge in [-0.3, -0.25) is 14.7 Å². The SMILES string of the molecule is CCOc1cccc2sc(N(Cc3ccccn3)C(=O)c3ccc(Cl)cc3Cl)nc12. The fraction of sp³-hybridized carbons (Fsp3) is 0.136. The predicted octanol–water partition coefficient (Wildman–Crippen LogP) is 6.24. The topological polar surface area (TPSA) is 55.3 Å². The number of ether oxygens (including phenoxy) is 1. The Balaban J connectivity index is 1.80. The maximum absolute atomic E-state index is 13.5. The largest absolute Gasteiger partial charge is 0.492 e. The number of anilines is 1. The van der Waals surface area contributed by atoms with E-state index in [1.807, 2.05) is 43.3 Å². The van der Waals surface area contributed by atoms with Gasteiger partial charge in [-0.15, -0.1) is 0 Å². The molecule has 0 spiro atoms. The first-order chi connectivity index (χ1) is 14.6. The van der Waals surface area contributed by atoms with Gasteiger partial charge in [-0.2, -0.15) is 0 Å². The van der Waals surface area contributed by atoms with Crippen LogP contribution in [0.15, 0.2) is 60.8 Å². The van der Waals surface area contributed by atoms with Gasteiger partial charge in [0.15, 0.2) is 5.13 Å². The Morgan fingerprint density at radius 2 is 2.00 bits per heavy atom. The predicted molar refractivity (Wildman–Crippen MR) is 122 cm³/mol. The van der Waals surface area contributed by atoms with Gasteiger partial charge in [-0.1, -0.05) is 46.7 Å². The van der Waals surface area contributed by atoms with E-state index < -0.39 is 0 Å².